The summed E-state index contributed by atoms with van der Waals surface area (Å²) in [5.41, 5.74) is 0. The van der Waals surface area contributed by atoms with Crippen molar-refractivity contribution in [1.29, 1.82) is 0 Å². The number of rotatable bonds is 14. The van der Waals surface area contributed by atoms with Crippen LogP contribution in [0.15, 0.2) is 0 Å². The average molecular weight is 299 g/mol. The Kier molecular flexibility index (Phi) is 10.4. The van der Waals surface area contributed by atoms with E-state index >= 15 is 0 Å². The molecule has 0 saturated carbocycles. The van der Waals surface area contributed by atoms with Gasteiger partial charge in [-0.05, 0) is 18.8 Å². The zero-order chi connectivity index (χ0) is 15.5. The van der Waals surface area contributed by atoms with E-state index in [0.29, 0.717) is 6.10 Å². The second kappa shape index (κ2) is 11.5. The third-order valence-electron chi connectivity index (χ3n) is 4.62. The van der Waals surface area contributed by atoms with Crippen molar-refractivity contribution in [2.75, 3.05) is 0 Å². The van der Waals surface area contributed by atoms with E-state index in [0.717, 1.165) is 25.2 Å². The Morgan fingerprint density at radius 1 is 0.857 bits per heavy atom. The summed E-state index contributed by atoms with van der Waals surface area (Å²) in [5.74, 6) is 0.741. The zero-order valence-corrected chi connectivity index (χ0v) is 14.7. The fraction of sp³-hybridized carbons (Fsp3) is 1.00. The highest BCUT2D eigenvalue weighted by Crippen LogP contribution is 2.32. The quantitative estimate of drug-likeness (QED) is 0.340. The summed E-state index contributed by atoms with van der Waals surface area (Å²) in [5, 5.41) is 10.1. The number of aliphatic hydroxyl groups excluding tert-OH is 1. The fourth-order valence-electron chi connectivity index (χ4n) is 3.11. The van der Waals surface area contributed by atoms with Gasteiger partial charge in [-0.1, -0.05) is 85.0 Å². The summed E-state index contributed by atoms with van der Waals surface area (Å²) in [7, 11) is 0. The average Bonchev–Trinajstić information content (AvgIpc) is 3.21. The summed E-state index contributed by atoms with van der Waals surface area (Å²) in [4.78, 5) is 0. The normalized spacial score (nSPS) is 22.7. The minimum absolute atomic E-state index is 0.154. The van der Waals surface area contributed by atoms with Gasteiger partial charge in [-0.25, -0.2) is 0 Å². The first-order chi connectivity index (χ1) is 10.1. The number of hydrogen-bond acceptors (Lipinski definition) is 2. The topological polar surface area (TPSA) is 32.8 Å². The molecule has 1 heterocycles. The molecule has 0 bridgehead atoms. The van der Waals surface area contributed by atoms with Crippen LogP contribution in [0.3, 0.4) is 0 Å². The lowest BCUT2D eigenvalue weighted by Crippen LogP contribution is -2.17. The Balaban J connectivity index is 1.87. The lowest BCUT2D eigenvalue weighted by Gasteiger charge is -2.08. The second-order valence-corrected chi connectivity index (χ2v) is 7.29. The zero-order valence-electron chi connectivity index (χ0n) is 14.7. The number of ether oxygens (including phenoxy) is 1. The molecule has 1 aliphatic heterocycles. The van der Waals surface area contributed by atoms with Crippen molar-refractivity contribution < 1.29 is 9.84 Å². The van der Waals surface area contributed by atoms with Gasteiger partial charge in [0.2, 0.25) is 0 Å². The molecule has 1 saturated heterocycles. The molecule has 0 radical (unpaired) electrons. The molecule has 2 nitrogen and oxygen atoms in total. The van der Waals surface area contributed by atoms with E-state index < -0.39 is 0 Å². The number of aliphatic hydroxyl groups is 1. The molecule has 126 valence electrons. The highest BCUT2D eigenvalue weighted by atomic mass is 16.6. The predicted octanol–water partition coefficient (Wildman–Crippen LogP) is 5.47. The minimum atomic E-state index is -0.220. The van der Waals surface area contributed by atoms with Crippen LogP contribution >= 0.6 is 0 Å². The van der Waals surface area contributed by atoms with E-state index in [1.165, 1.54) is 57.8 Å². The second-order valence-electron chi connectivity index (χ2n) is 7.29. The molecule has 0 amide bonds. The Morgan fingerprint density at radius 3 is 2.10 bits per heavy atom. The lowest BCUT2D eigenvalue weighted by molar-refractivity contribution is 0.122. The predicted molar refractivity (Wildman–Crippen MR) is 90.6 cm³/mol. The third kappa shape index (κ3) is 9.52. The molecule has 0 spiro atoms. The Morgan fingerprint density at radius 2 is 1.48 bits per heavy atom. The molecular weight excluding hydrogens is 260 g/mol. The molecule has 2 heteroatoms. The third-order valence-corrected chi connectivity index (χ3v) is 4.62. The monoisotopic (exact) mass is 298 g/mol. The van der Waals surface area contributed by atoms with Gasteiger partial charge in [0.15, 0.2) is 0 Å². The summed E-state index contributed by atoms with van der Waals surface area (Å²) < 4.78 is 5.65. The molecule has 3 atom stereocenters. The molecule has 0 aromatic rings. The van der Waals surface area contributed by atoms with Crippen LogP contribution in [0.2, 0.25) is 0 Å². The summed E-state index contributed by atoms with van der Waals surface area (Å²) >= 11 is 0. The highest BCUT2D eigenvalue weighted by Gasteiger charge is 2.42. The van der Waals surface area contributed by atoms with Gasteiger partial charge < -0.3 is 9.84 Å². The summed E-state index contributed by atoms with van der Waals surface area (Å²) in [6, 6.07) is 0. The molecular formula is C19H38O2. The van der Waals surface area contributed by atoms with E-state index in [1.54, 1.807) is 0 Å². The fourth-order valence-corrected chi connectivity index (χ4v) is 3.11. The molecule has 1 aliphatic rings. The molecule has 1 fully saturated rings. The first-order valence-electron chi connectivity index (χ1n) is 9.48. The maximum atomic E-state index is 10.1. The molecule has 0 aliphatic carbocycles. The van der Waals surface area contributed by atoms with Gasteiger partial charge in [0.05, 0.1) is 12.2 Å². The number of unbranched alkanes of at least 4 members (excludes halogenated alkanes) is 7. The van der Waals surface area contributed by atoms with Crippen LogP contribution in [0.25, 0.3) is 0 Å². The van der Waals surface area contributed by atoms with Gasteiger partial charge >= 0.3 is 0 Å². The van der Waals surface area contributed by atoms with Crippen LogP contribution < -0.4 is 0 Å². The van der Waals surface area contributed by atoms with Crippen LogP contribution in [0, 0.1) is 5.92 Å². The molecule has 0 aromatic carbocycles. The lowest BCUT2D eigenvalue weighted by atomic mass is 10.0. The molecule has 0 aromatic heterocycles. The maximum Gasteiger partial charge on any atom is 0.110 e. The Hall–Kier alpha value is -0.0800. The van der Waals surface area contributed by atoms with Crippen molar-refractivity contribution >= 4 is 0 Å². The van der Waals surface area contributed by atoms with Crippen molar-refractivity contribution in [2.24, 2.45) is 5.92 Å². The first-order valence-corrected chi connectivity index (χ1v) is 9.48. The van der Waals surface area contributed by atoms with Crippen LogP contribution in [-0.4, -0.2) is 23.4 Å². The van der Waals surface area contributed by atoms with Gasteiger partial charge in [0.1, 0.15) is 6.10 Å². The Labute approximate surface area is 132 Å². The standard InChI is InChI=1S/C19H38O2/c1-4-5-6-7-8-9-10-11-15-18-19(21-18)17(20)14-12-13-16(2)3/h16-20H,4-15H2,1-3H3/t17-,18-,19+/m1/s1. The van der Waals surface area contributed by atoms with Crippen LogP contribution in [0.5, 0.6) is 0 Å². The van der Waals surface area contributed by atoms with Gasteiger partial charge in [-0.2, -0.15) is 0 Å². The van der Waals surface area contributed by atoms with Gasteiger partial charge in [-0.3, -0.25) is 0 Å². The largest absolute Gasteiger partial charge is 0.390 e. The van der Waals surface area contributed by atoms with Gasteiger partial charge in [0, 0.05) is 0 Å². The SMILES string of the molecule is CCCCCCCCCC[C@H]1O[C@H]1[C@H](O)CCCC(C)C. The highest BCUT2D eigenvalue weighted by molar-refractivity contribution is 4.90. The van der Waals surface area contributed by atoms with Gasteiger partial charge in [0.25, 0.3) is 0 Å². The maximum absolute atomic E-state index is 10.1. The van der Waals surface area contributed by atoms with E-state index in [4.69, 9.17) is 4.74 Å². The van der Waals surface area contributed by atoms with Crippen molar-refractivity contribution in [3.8, 4) is 0 Å². The first kappa shape index (κ1) is 19.0. The smallest absolute Gasteiger partial charge is 0.110 e. The summed E-state index contributed by atoms with van der Waals surface area (Å²) in [6.45, 7) is 6.75. The molecule has 21 heavy (non-hydrogen) atoms. The molecule has 1 N–H and O–H groups in total. The van der Waals surface area contributed by atoms with Crippen LogP contribution in [-0.2, 0) is 4.74 Å². The van der Waals surface area contributed by atoms with Crippen molar-refractivity contribution in [3.05, 3.63) is 0 Å². The van der Waals surface area contributed by atoms with E-state index in [-0.39, 0.29) is 12.2 Å². The van der Waals surface area contributed by atoms with Crippen molar-refractivity contribution in [3.63, 3.8) is 0 Å². The van der Waals surface area contributed by atoms with Gasteiger partial charge in [-0.15, -0.1) is 0 Å². The Bertz CT molecular complexity index is 240. The number of epoxide rings is 1. The van der Waals surface area contributed by atoms with Crippen LogP contribution in [0.1, 0.15) is 97.8 Å². The molecule has 1 rings (SSSR count). The molecule has 0 unspecified atom stereocenters. The van der Waals surface area contributed by atoms with Crippen molar-refractivity contribution in [1.82, 2.24) is 0 Å². The minimum Gasteiger partial charge on any atom is -0.390 e. The van der Waals surface area contributed by atoms with E-state index in [1.807, 2.05) is 0 Å². The van der Waals surface area contributed by atoms with Crippen LogP contribution in [0.4, 0.5) is 0 Å². The van der Waals surface area contributed by atoms with Crippen molar-refractivity contribution in [2.45, 2.75) is 116 Å². The summed E-state index contributed by atoms with van der Waals surface area (Å²) in [6.07, 6.45) is 15.6. The number of hydrogen-bond donors (Lipinski definition) is 1. The van der Waals surface area contributed by atoms with E-state index in [2.05, 4.69) is 20.8 Å². The van der Waals surface area contributed by atoms with E-state index in [9.17, 15) is 5.11 Å².